The minimum absolute atomic E-state index is 0.0345. The summed E-state index contributed by atoms with van der Waals surface area (Å²) in [4.78, 5) is 11.7. The number of anilines is 1. The monoisotopic (exact) mass is 315 g/mol. The second-order valence-electron chi connectivity index (χ2n) is 5.05. The van der Waals surface area contributed by atoms with Gasteiger partial charge in [-0.3, -0.25) is 10.1 Å². The Morgan fingerprint density at radius 1 is 1.33 bits per heavy atom. The summed E-state index contributed by atoms with van der Waals surface area (Å²) < 4.78 is 26.5. The predicted octanol–water partition coefficient (Wildman–Crippen LogP) is -0.844. The van der Waals surface area contributed by atoms with Gasteiger partial charge in [-0.15, -0.1) is 0 Å². The third kappa shape index (κ3) is 3.14. The maximum Gasteiger partial charge on any atom is 0.293 e. The fourth-order valence-corrected chi connectivity index (χ4v) is 3.75. The third-order valence-electron chi connectivity index (χ3n) is 3.65. The van der Waals surface area contributed by atoms with E-state index in [2.05, 4.69) is 5.32 Å². The Labute approximate surface area is 123 Å². The summed E-state index contributed by atoms with van der Waals surface area (Å²) in [6, 6.07) is 3.94. The molecule has 0 amide bonds. The number of quaternary nitrogens is 1. The molecule has 0 unspecified atom stereocenters. The topological polar surface area (TPSA) is 97.0 Å². The highest BCUT2D eigenvalue weighted by Crippen LogP contribution is 2.28. The van der Waals surface area contributed by atoms with Crippen molar-refractivity contribution < 1.29 is 18.2 Å². The molecule has 2 N–H and O–H groups in total. The van der Waals surface area contributed by atoms with E-state index in [1.807, 2.05) is 7.05 Å². The molecule has 116 valence electrons. The van der Waals surface area contributed by atoms with Gasteiger partial charge < -0.3 is 10.2 Å². The first-order valence-electron chi connectivity index (χ1n) is 6.64. The summed E-state index contributed by atoms with van der Waals surface area (Å²) in [5.41, 5.74) is 0.0556. The SMILES string of the molecule is CNc1ccc(S(=O)(=O)N2CC[NH+](C)CC2)cc1[N+](=O)[O-]. The van der Waals surface area contributed by atoms with Crippen molar-refractivity contribution in [3.8, 4) is 0 Å². The van der Waals surface area contributed by atoms with Crippen LogP contribution in [0.5, 0.6) is 0 Å². The van der Waals surface area contributed by atoms with Crippen LogP contribution in [0.25, 0.3) is 0 Å². The first-order chi connectivity index (χ1) is 9.86. The molecule has 0 radical (unpaired) electrons. The minimum Gasteiger partial charge on any atom is -0.383 e. The highest BCUT2D eigenvalue weighted by Gasteiger charge is 2.30. The number of hydrogen-bond acceptors (Lipinski definition) is 5. The molecule has 8 nitrogen and oxygen atoms in total. The van der Waals surface area contributed by atoms with E-state index in [-0.39, 0.29) is 10.6 Å². The standard InChI is InChI=1S/C12H18N4O4S/c1-13-11-4-3-10(9-12(11)16(17)18)21(19,20)15-7-5-14(2)6-8-15/h3-4,9,13H,5-8H2,1-2H3/p+1. The summed E-state index contributed by atoms with van der Waals surface area (Å²) in [6.07, 6.45) is 0. The number of hydrogen-bond donors (Lipinski definition) is 2. The number of nitro benzene ring substituents is 1. The first kappa shape index (κ1) is 15.7. The molecule has 0 spiro atoms. The predicted molar refractivity (Wildman–Crippen MR) is 78.0 cm³/mol. The number of nitro groups is 1. The molecule has 0 atom stereocenters. The first-order valence-corrected chi connectivity index (χ1v) is 8.08. The van der Waals surface area contributed by atoms with Crippen molar-refractivity contribution >= 4 is 21.4 Å². The number of benzene rings is 1. The molecule has 2 rings (SSSR count). The Morgan fingerprint density at radius 3 is 2.48 bits per heavy atom. The van der Waals surface area contributed by atoms with Crippen LogP contribution in [0.3, 0.4) is 0 Å². The van der Waals surface area contributed by atoms with Gasteiger partial charge in [-0.2, -0.15) is 4.31 Å². The summed E-state index contributed by atoms with van der Waals surface area (Å²) >= 11 is 0. The zero-order valence-electron chi connectivity index (χ0n) is 12.0. The second-order valence-corrected chi connectivity index (χ2v) is 6.99. The van der Waals surface area contributed by atoms with Crippen LogP contribution in [0.15, 0.2) is 23.1 Å². The van der Waals surface area contributed by atoms with E-state index in [4.69, 9.17) is 0 Å². The summed E-state index contributed by atoms with van der Waals surface area (Å²) in [6.45, 7) is 2.32. The molecular weight excluding hydrogens is 296 g/mol. The highest BCUT2D eigenvalue weighted by molar-refractivity contribution is 7.89. The van der Waals surface area contributed by atoms with Gasteiger partial charge in [-0.25, -0.2) is 8.42 Å². The molecule has 1 aromatic carbocycles. The molecule has 21 heavy (non-hydrogen) atoms. The zero-order valence-corrected chi connectivity index (χ0v) is 12.8. The van der Waals surface area contributed by atoms with Crippen molar-refractivity contribution in [2.45, 2.75) is 4.90 Å². The molecule has 1 heterocycles. The van der Waals surface area contributed by atoms with Crippen molar-refractivity contribution in [2.75, 3.05) is 45.6 Å². The molecule has 1 aliphatic rings. The number of sulfonamides is 1. The van der Waals surface area contributed by atoms with E-state index < -0.39 is 14.9 Å². The van der Waals surface area contributed by atoms with Crippen molar-refractivity contribution in [1.82, 2.24) is 4.31 Å². The average Bonchev–Trinajstić information content (AvgIpc) is 2.46. The Morgan fingerprint density at radius 2 is 1.95 bits per heavy atom. The third-order valence-corrected chi connectivity index (χ3v) is 5.54. The Bertz CT molecular complexity index is 639. The Hall–Kier alpha value is -1.71. The van der Waals surface area contributed by atoms with E-state index >= 15 is 0 Å². The fourth-order valence-electron chi connectivity index (χ4n) is 2.29. The minimum atomic E-state index is -3.68. The van der Waals surface area contributed by atoms with Gasteiger partial charge in [0.25, 0.3) is 5.69 Å². The Kier molecular flexibility index (Phi) is 4.45. The van der Waals surface area contributed by atoms with Crippen LogP contribution < -0.4 is 10.2 Å². The molecule has 1 aliphatic heterocycles. The molecule has 1 fully saturated rings. The van der Waals surface area contributed by atoms with Crippen molar-refractivity contribution in [3.63, 3.8) is 0 Å². The van der Waals surface area contributed by atoms with Gasteiger partial charge in [-0.1, -0.05) is 0 Å². The molecule has 1 aromatic rings. The van der Waals surface area contributed by atoms with Gasteiger partial charge in [0.2, 0.25) is 10.0 Å². The summed E-state index contributed by atoms with van der Waals surface area (Å²) in [5, 5.41) is 13.7. The van der Waals surface area contributed by atoms with Crippen LogP contribution in [-0.4, -0.2) is 57.9 Å². The highest BCUT2D eigenvalue weighted by atomic mass is 32.2. The van der Waals surface area contributed by atoms with Crippen LogP contribution in [0.1, 0.15) is 0 Å². The molecule has 0 saturated carbocycles. The van der Waals surface area contributed by atoms with Gasteiger partial charge in [0.15, 0.2) is 0 Å². The van der Waals surface area contributed by atoms with E-state index in [0.717, 1.165) is 19.2 Å². The molecular formula is C12H19N4O4S+. The molecule has 0 bridgehead atoms. The van der Waals surface area contributed by atoms with E-state index in [9.17, 15) is 18.5 Å². The molecule has 0 aromatic heterocycles. The second kappa shape index (κ2) is 5.96. The normalized spacial score (nSPS) is 17.6. The number of likely N-dealkylation sites (N-methyl/N-ethyl adjacent to an activating group) is 1. The van der Waals surface area contributed by atoms with Crippen molar-refractivity contribution in [3.05, 3.63) is 28.3 Å². The van der Waals surface area contributed by atoms with Crippen molar-refractivity contribution in [1.29, 1.82) is 0 Å². The number of nitrogens with one attached hydrogen (secondary N) is 2. The van der Waals surface area contributed by atoms with Crippen LogP contribution in [0, 0.1) is 10.1 Å². The van der Waals surface area contributed by atoms with E-state index in [0.29, 0.717) is 18.8 Å². The zero-order chi connectivity index (χ0) is 15.6. The number of nitrogens with zero attached hydrogens (tertiary/aromatic N) is 2. The lowest BCUT2D eigenvalue weighted by molar-refractivity contribution is -0.883. The van der Waals surface area contributed by atoms with Crippen LogP contribution in [-0.2, 0) is 10.0 Å². The number of piperazine rings is 1. The smallest absolute Gasteiger partial charge is 0.293 e. The number of rotatable bonds is 4. The fraction of sp³-hybridized carbons (Fsp3) is 0.500. The lowest BCUT2D eigenvalue weighted by Gasteiger charge is -2.29. The maximum atomic E-state index is 12.5. The molecule has 0 aliphatic carbocycles. The van der Waals surface area contributed by atoms with E-state index in [1.165, 1.54) is 21.3 Å². The van der Waals surface area contributed by atoms with Gasteiger partial charge in [0, 0.05) is 13.1 Å². The van der Waals surface area contributed by atoms with Crippen LogP contribution >= 0.6 is 0 Å². The lowest BCUT2D eigenvalue weighted by atomic mass is 10.3. The van der Waals surface area contributed by atoms with Gasteiger partial charge in [-0.05, 0) is 12.1 Å². The largest absolute Gasteiger partial charge is 0.383 e. The van der Waals surface area contributed by atoms with Crippen LogP contribution in [0.2, 0.25) is 0 Å². The summed E-state index contributed by atoms with van der Waals surface area (Å²) in [7, 11) is -0.113. The van der Waals surface area contributed by atoms with E-state index in [1.54, 1.807) is 7.05 Å². The Balaban J connectivity index is 2.36. The van der Waals surface area contributed by atoms with Crippen LogP contribution in [0.4, 0.5) is 11.4 Å². The van der Waals surface area contributed by atoms with Gasteiger partial charge in [0.1, 0.15) is 5.69 Å². The lowest BCUT2D eigenvalue weighted by Crippen LogP contribution is -3.12. The van der Waals surface area contributed by atoms with Gasteiger partial charge >= 0.3 is 0 Å². The summed E-state index contributed by atoms with van der Waals surface area (Å²) in [5.74, 6) is 0. The van der Waals surface area contributed by atoms with Gasteiger partial charge in [0.05, 0.1) is 43.0 Å². The van der Waals surface area contributed by atoms with Crippen molar-refractivity contribution in [2.24, 2.45) is 0 Å². The maximum absolute atomic E-state index is 12.5. The quantitative estimate of drug-likeness (QED) is 0.557. The molecule has 9 heteroatoms. The average molecular weight is 315 g/mol. The molecule has 1 saturated heterocycles.